The first kappa shape index (κ1) is 28.9. The number of fused-ring (bicyclic) bond motifs is 1. The van der Waals surface area contributed by atoms with E-state index in [9.17, 15) is 34.4 Å². The van der Waals surface area contributed by atoms with E-state index in [1.807, 2.05) is 0 Å². The number of nitrogens with zero attached hydrogens (tertiary/aromatic N) is 6. The first-order valence-corrected chi connectivity index (χ1v) is 15.5. The topological polar surface area (TPSA) is 169 Å². The van der Waals surface area contributed by atoms with E-state index >= 15 is 0 Å². The van der Waals surface area contributed by atoms with E-state index in [0.717, 1.165) is 68.4 Å². The van der Waals surface area contributed by atoms with Crippen LogP contribution in [0.3, 0.4) is 0 Å². The van der Waals surface area contributed by atoms with Gasteiger partial charge >= 0.3 is 5.69 Å². The van der Waals surface area contributed by atoms with Crippen LogP contribution in [-0.2, 0) is 0 Å². The molecule has 1 aromatic heterocycles. The molecule has 0 radical (unpaired) electrons. The number of hydrogen-bond acceptors (Lipinski definition) is 9. The molecule has 3 fully saturated rings. The molecule has 0 spiro atoms. The fourth-order valence-electron chi connectivity index (χ4n) is 7.37. The second-order valence-corrected chi connectivity index (χ2v) is 12.2. The summed E-state index contributed by atoms with van der Waals surface area (Å²) in [6.45, 7) is 0. The highest BCUT2D eigenvalue weighted by Crippen LogP contribution is 2.42. The number of carbonyl (C=O) groups excluding carboxylic acids is 2. The van der Waals surface area contributed by atoms with Gasteiger partial charge in [0, 0.05) is 24.2 Å². The molecular weight excluding hydrogens is 556 g/mol. The van der Waals surface area contributed by atoms with E-state index in [2.05, 4.69) is 10.2 Å². The SMILES string of the molecule is O=C1c2ccc([N+](=O)[O-])c(N=Nc3c(O)n(C4CCCCC4)c(=O)n(C4CCCCC4)c3=O)c2C(=O)N1C1CCCCC1. The van der Waals surface area contributed by atoms with Crippen LogP contribution in [0.5, 0.6) is 5.88 Å². The van der Waals surface area contributed by atoms with E-state index in [0.29, 0.717) is 38.5 Å². The Morgan fingerprint density at radius 2 is 1.21 bits per heavy atom. The standard InChI is InChI=1S/C30H36N6O7/c37-26-21-16-17-22(36(42)43)24(23(21)27(38)33(26)18-10-4-1-5-11-18)31-32-25-28(39)34(19-12-6-2-7-13-19)30(41)35(29(25)40)20-14-8-3-9-15-20/h16-20,39H,1-15H2. The fourth-order valence-corrected chi connectivity index (χ4v) is 7.37. The summed E-state index contributed by atoms with van der Waals surface area (Å²) in [5.74, 6) is -1.86. The van der Waals surface area contributed by atoms with Crippen molar-refractivity contribution >= 4 is 28.9 Å². The number of imide groups is 1. The van der Waals surface area contributed by atoms with Crippen molar-refractivity contribution in [2.24, 2.45) is 10.2 Å². The number of nitro groups is 1. The summed E-state index contributed by atoms with van der Waals surface area (Å²) < 4.78 is 2.39. The number of amides is 2. The van der Waals surface area contributed by atoms with Gasteiger partial charge in [-0.2, -0.15) is 0 Å². The first-order chi connectivity index (χ1) is 20.8. The summed E-state index contributed by atoms with van der Waals surface area (Å²) in [6, 6.07) is 1.36. The summed E-state index contributed by atoms with van der Waals surface area (Å²) >= 11 is 0. The molecule has 0 bridgehead atoms. The van der Waals surface area contributed by atoms with Crippen molar-refractivity contribution in [1.29, 1.82) is 0 Å². The summed E-state index contributed by atoms with van der Waals surface area (Å²) in [5, 5.41) is 31.4. The van der Waals surface area contributed by atoms with Crippen molar-refractivity contribution in [3.05, 3.63) is 54.2 Å². The second kappa shape index (κ2) is 11.8. The molecule has 0 atom stereocenters. The number of rotatable bonds is 6. The predicted octanol–water partition coefficient (Wildman–Crippen LogP) is 5.98. The number of azo groups is 1. The monoisotopic (exact) mass is 592 g/mol. The van der Waals surface area contributed by atoms with Gasteiger partial charge in [0.05, 0.1) is 16.1 Å². The van der Waals surface area contributed by atoms with Gasteiger partial charge in [0.25, 0.3) is 23.1 Å². The van der Waals surface area contributed by atoms with Crippen LogP contribution in [0.4, 0.5) is 17.1 Å². The van der Waals surface area contributed by atoms with Crippen molar-refractivity contribution < 1.29 is 19.6 Å². The molecule has 1 aromatic carbocycles. The van der Waals surface area contributed by atoms with Gasteiger partial charge in [-0.1, -0.05) is 57.8 Å². The molecule has 2 heterocycles. The highest BCUT2D eigenvalue weighted by molar-refractivity contribution is 6.24. The minimum Gasteiger partial charge on any atom is -0.493 e. The minimum absolute atomic E-state index is 0.00821. The summed E-state index contributed by atoms with van der Waals surface area (Å²) in [4.78, 5) is 66.9. The Labute approximate surface area is 247 Å². The molecule has 13 nitrogen and oxygen atoms in total. The Morgan fingerprint density at radius 3 is 1.77 bits per heavy atom. The zero-order valence-corrected chi connectivity index (χ0v) is 24.1. The van der Waals surface area contributed by atoms with E-state index < -0.39 is 50.9 Å². The van der Waals surface area contributed by atoms with Gasteiger partial charge in [0.1, 0.15) is 0 Å². The van der Waals surface area contributed by atoms with Crippen molar-refractivity contribution in [2.45, 2.75) is 114 Å². The molecule has 13 heteroatoms. The summed E-state index contributed by atoms with van der Waals surface area (Å²) in [6.07, 6.45) is 12.1. The van der Waals surface area contributed by atoms with Crippen molar-refractivity contribution in [3.63, 3.8) is 0 Å². The smallest absolute Gasteiger partial charge is 0.334 e. The quantitative estimate of drug-likeness (QED) is 0.186. The lowest BCUT2D eigenvalue weighted by molar-refractivity contribution is -0.384. The molecule has 1 aliphatic heterocycles. The molecule has 3 saturated carbocycles. The largest absolute Gasteiger partial charge is 0.493 e. The van der Waals surface area contributed by atoms with Crippen LogP contribution in [0.15, 0.2) is 32.0 Å². The van der Waals surface area contributed by atoms with Gasteiger partial charge in [-0.15, -0.1) is 10.2 Å². The van der Waals surface area contributed by atoms with Crippen LogP contribution < -0.4 is 11.2 Å². The molecule has 1 N–H and O–H groups in total. The number of aromatic hydroxyl groups is 1. The lowest BCUT2D eigenvalue weighted by Gasteiger charge is -2.29. The minimum atomic E-state index is -0.827. The normalized spacial score (nSPS) is 20.7. The maximum atomic E-state index is 13.8. The number of hydrogen-bond donors (Lipinski definition) is 1. The molecule has 0 unspecified atom stereocenters. The van der Waals surface area contributed by atoms with Crippen molar-refractivity contribution in [3.8, 4) is 5.88 Å². The van der Waals surface area contributed by atoms with E-state index in [4.69, 9.17) is 0 Å². The molecule has 2 amide bonds. The molecule has 3 aliphatic carbocycles. The highest BCUT2D eigenvalue weighted by Gasteiger charge is 2.44. The van der Waals surface area contributed by atoms with Gasteiger partial charge in [0.15, 0.2) is 5.69 Å². The van der Waals surface area contributed by atoms with E-state index in [1.165, 1.54) is 15.5 Å². The molecule has 43 heavy (non-hydrogen) atoms. The Kier molecular flexibility index (Phi) is 7.97. The molecule has 2 aromatic rings. The Bertz CT molecular complexity index is 1610. The third-order valence-electron chi connectivity index (χ3n) is 9.58. The van der Waals surface area contributed by atoms with Crippen LogP contribution in [0.2, 0.25) is 0 Å². The van der Waals surface area contributed by atoms with Crippen molar-refractivity contribution in [2.75, 3.05) is 0 Å². The Hall–Kier alpha value is -4.16. The maximum absolute atomic E-state index is 13.8. The van der Waals surface area contributed by atoms with Crippen LogP contribution in [0.25, 0.3) is 0 Å². The lowest BCUT2D eigenvalue weighted by Crippen LogP contribution is -2.43. The zero-order chi connectivity index (χ0) is 30.2. The fraction of sp³-hybridized carbons (Fsp3) is 0.600. The highest BCUT2D eigenvalue weighted by atomic mass is 16.6. The molecular formula is C30H36N6O7. The van der Waals surface area contributed by atoms with E-state index in [1.54, 1.807) is 0 Å². The maximum Gasteiger partial charge on any atom is 0.334 e. The number of aromatic nitrogens is 2. The van der Waals surface area contributed by atoms with E-state index in [-0.39, 0.29) is 29.3 Å². The van der Waals surface area contributed by atoms with Gasteiger partial charge < -0.3 is 5.11 Å². The third-order valence-corrected chi connectivity index (χ3v) is 9.58. The summed E-state index contributed by atoms with van der Waals surface area (Å²) in [5.41, 5.74) is -3.17. The average molecular weight is 593 g/mol. The molecule has 6 rings (SSSR count). The molecule has 4 aliphatic rings. The van der Waals surface area contributed by atoms with Crippen molar-refractivity contribution in [1.82, 2.24) is 14.0 Å². The Balaban J connectivity index is 1.49. The number of benzene rings is 1. The van der Waals surface area contributed by atoms with Crippen LogP contribution in [0, 0.1) is 10.1 Å². The second-order valence-electron chi connectivity index (χ2n) is 12.2. The van der Waals surface area contributed by atoms with Gasteiger partial charge in [-0.3, -0.25) is 38.5 Å². The van der Waals surface area contributed by atoms with Crippen LogP contribution in [-0.4, -0.2) is 41.9 Å². The first-order valence-electron chi connectivity index (χ1n) is 15.5. The Morgan fingerprint density at radius 1 is 0.698 bits per heavy atom. The van der Waals surface area contributed by atoms with Gasteiger partial charge in [-0.05, 0) is 44.6 Å². The number of nitro benzene ring substituents is 1. The summed E-state index contributed by atoms with van der Waals surface area (Å²) in [7, 11) is 0. The average Bonchev–Trinajstić information content (AvgIpc) is 3.27. The molecule has 0 saturated heterocycles. The third kappa shape index (κ3) is 5.08. The van der Waals surface area contributed by atoms with Gasteiger partial charge in [-0.25, -0.2) is 4.79 Å². The van der Waals surface area contributed by atoms with Crippen LogP contribution in [0.1, 0.15) is 129 Å². The molecule has 228 valence electrons. The number of carbonyl (C=O) groups is 2. The predicted molar refractivity (Wildman–Crippen MR) is 156 cm³/mol. The lowest BCUT2D eigenvalue weighted by atomic mass is 9.94. The zero-order valence-electron chi connectivity index (χ0n) is 24.1. The van der Waals surface area contributed by atoms with Crippen LogP contribution >= 0.6 is 0 Å². The van der Waals surface area contributed by atoms with Gasteiger partial charge in [0.2, 0.25) is 11.6 Å².